The molecule has 4 nitrogen and oxygen atoms in total. The molecule has 94 valence electrons. The molecule has 1 fully saturated rings. The van der Waals surface area contributed by atoms with Crippen molar-refractivity contribution in [1.29, 1.82) is 0 Å². The molecule has 0 amide bonds. The number of aromatic nitrogens is 1. The molecule has 1 saturated heterocycles. The Balaban J connectivity index is 2.16. The number of nitrogens with one attached hydrogen (secondary N) is 1. The molecule has 0 aromatic carbocycles. The molecule has 1 aliphatic rings. The first-order chi connectivity index (χ1) is 8.24. The van der Waals surface area contributed by atoms with Gasteiger partial charge in [0.05, 0.1) is 26.0 Å². The first-order valence-electron chi connectivity index (χ1n) is 6.02. The molecule has 17 heavy (non-hydrogen) atoms. The van der Waals surface area contributed by atoms with Gasteiger partial charge in [0.15, 0.2) is 0 Å². The lowest BCUT2D eigenvalue weighted by Gasteiger charge is -2.22. The van der Waals surface area contributed by atoms with Crippen LogP contribution < -0.4 is 10.1 Å². The Bertz CT molecular complexity index is 370. The number of ether oxygens (including phenoxy) is 2. The highest BCUT2D eigenvalue weighted by atomic mass is 16.5. The lowest BCUT2D eigenvalue weighted by atomic mass is 9.92. The van der Waals surface area contributed by atoms with Crippen LogP contribution in [-0.4, -0.2) is 31.9 Å². The molecule has 0 bridgehead atoms. The Morgan fingerprint density at radius 2 is 2.35 bits per heavy atom. The predicted octanol–water partition coefficient (Wildman–Crippen LogP) is 1.78. The van der Waals surface area contributed by atoms with E-state index in [2.05, 4.69) is 17.2 Å². The second-order valence-corrected chi connectivity index (χ2v) is 4.56. The maximum Gasteiger partial charge on any atom is 0.137 e. The summed E-state index contributed by atoms with van der Waals surface area (Å²) in [6.07, 6.45) is 5.06. The fourth-order valence-corrected chi connectivity index (χ4v) is 2.47. The van der Waals surface area contributed by atoms with Crippen LogP contribution in [0.3, 0.4) is 0 Å². The molecule has 1 N–H and O–H groups in total. The van der Waals surface area contributed by atoms with E-state index < -0.39 is 0 Å². The van der Waals surface area contributed by atoms with Crippen molar-refractivity contribution < 1.29 is 9.47 Å². The van der Waals surface area contributed by atoms with Crippen LogP contribution in [-0.2, 0) is 4.74 Å². The highest BCUT2D eigenvalue weighted by Gasteiger charge is 2.30. The quantitative estimate of drug-likeness (QED) is 0.865. The summed E-state index contributed by atoms with van der Waals surface area (Å²) in [4.78, 5) is 4.21. The maximum atomic E-state index is 5.63. The predicted molar refractivity (Wildman–Crippen MR) is 66.1 cm³/mol. The topological polar surface area (TPSA) is 43.4 Å². The summed E-state index contributed by atoms with van der Waals surface area (Å²) >= 11 is 0. The SMILES string of the molecule is CNC(c1cncc(OC)c1)C1COC(C)C1. The Morgan fingerprint density at radius 3 is 2.94 bits per heavy atom. The van der Waals surface area contributed by atoms with Crippen LogP contribution in [0, 0.1) is 5.92 Å². The second kappa shape index (κ2) is 5.47. The number of hydrogen-bond donors (Lipinski definition) is 1. The summed E-state index contributed by atoms with van der Waals surface area (Å²) in [7, 11) is 3.64. The molecule has 2 heterocycles. The maximum absolute atomic E-state index is 5.63. The minimum atomic E-state index is 0.280. The van der Waals surface area contributed by atoms with Gasteiger partial charge in [-0.25, -0.2) is 0 Å². The smallest absolute Gasteiger partial charge is 0.137 e. The van der Waals surface area contributed by atoms with Crippen LogP contribution in [0.2, 0.25) is 0 Å². The number of rotatable bonds is 4. The highest BCUT2D eigenvalue weighted by Crippen LogP contribution is 2.32. The Kier molecular flexibility index (Phi) is 3.97. The van der Waals surface area contributed by atoms with Crippen molar-refractivity contribution in [3.8, 4) is 5.75 Å². The van der Waals surface area contributed by atoms with Crippen molar-refractivity contribution in [2.75, 3.05) is 20.8 Å². The van der Waals surface area contributed by atoms with E-state index >= 15 is 0 Å². The average molecular weight is 236 g/mol. The van der Waals surface area contributed by atoms with E-state index in [4.69, 9.17) is 9.47 Å². The third kappa shape index (κ3) is 2.76. The van der Waals surface area contributed by atoms with Gasteiger partial charge in [0.2, 0.25) is 0 Å². The molecule has 3 unspecified atom stereocenters. The molecule has 0 saturated carbocycles. The molecule has 0 radical (unpaired) electrons. The van der Waals surface area contributed by atoms with Crippen molar-refractivity contribution in [2.24, 2.45) is 5.92 Å². The third-order valence-electron chi connectivity index (χ3n) is 3.34. The van der Waals surface area contributed by atoms with E-state index in [0.717, 1.165) is 24.3 Å². The van der Waals surface area contributed by atoms with Crippen LogP contribution in [0.15, 0.2) is 18.5 Å². The van der Waals surface area contributed by atoms with E-state index in [0.29, 0.717) is 12.0 Å². The highest BCUT2D eigenvalue weighted by molar-refractivity contribution is 5.26. The van der Waals surface area contributed by atoms with Gasteiger partial charge in [-0.1, -0.05) is 0 Å². The zero-order valence-electron chi connectivity index (χ0n) is 10.6. The molecular weight excluding hydrogens is 216 g/mol. The lowest BCUT2D eigenvalue weighted by Crippen LogP contribution is -2.25. The monoisotopic (exact) mass is 236 g/mol. The molecule has 0 spiro atoms. The summed E-state index contributed by atoms with van der Waals surface area (Å²) in [6.45, 7) is 2.93. The van der Waals surface area contributed by atoms with Gasteiger partial charge in [0, 0.05) is 18.2 Å². The second-order valence-electron chi connectivity index (χ2n) is 4.56. The summed E-state index contributed by atoms with van der Waals surface area (Å²) < 4.78 is 10.8. The van der Waals surface area contributed by atoms with E-state index in [1.54, 1.807) is 13.3 Å². The van der Waals surface area contributed by atoms with Crippen LogP contribution in [0.1, 0.15) is 24.9 Å². The summed E-state index contributed by atoms with van der Waals surface area (Å²) in [5.41, 5.74) is 1.16. The van der Waals surface area contributed by atoms with Crippen molar-refractivity contribution in [2.45, 2.75) is 25.5 Å². The molecular formula is C13H20N2O2. The van der Waals surface area contributed by atoms with E-state index in [9.17, 15) is 0 Å². The fourth-order valence-electron chi connectivity index (χ4n) is 2.47. The molecule has 0 aliphatic carbocycles. The van der Waals surface area contributed by atoms with Crippen LogP contribution >= 0.6 is 0 Å². The lowest BCUT2D eigenvalue weighted by molar-refractivity contribution is 0.117. The Hall–Kier alpha value is -1.13. The van der Waals surface area contributed by atoms with Gasteiger partial charge in [-0.05, 0) is 32.0 Å². The summed E-state index contributed by atoms with van der Waals surface area (Å²) in [6, 6.07) is 2.32. The summed E-state index contributed by atoms with van der Waals surface area (Å²) in [5, 5.41) is 3.36. The minimum absolute atomic E-state index is 0.280. The Morgan fingerprint density at radius 1 is 1.53 bits per heavy atom. The molecule has 3 atom stereocenters. The zero-order chi connectivity index (χ0) is 12.3. The number of hydrogen-bond acceptors (Lipinski definition) is 4. The van der Waals surface area contributed by atoms with Crippen molar-refractivity contribution in [3.63, 3.8) is 0 Å². The number of nitrogens with zero attached hydrogens (tertiary/aromatic N) is 1. The van der Waals surface area contributed by atoms with Gasteiger partial charge in [-0.2, -0.15) is 0 Å². The van der Waals surface area contributed by atoms with Crippen molar-refractivity contribution in [3.05, 3.63) is 24.0 Å². The first kappa shape index (κ1) is 12.3. The molecule has 4 heteroatoms. The number of methoxy groups -OCH3 is 1. The van der Waals surface area contributed by atoms with Crippen LogP contribution in [0.5, 0.6) is 5.75 Å². The molecule has 1 aromatic rings. The van der Waals surface area contributed by atoms with Gasteiger partial charge in [-0.3, -0.25) is 4.98 Å². The van der Waals surface area contributed by atoms with E-state index in [1.165, 1.54) is 0 Å². The zero-order valence-corrected chi connectivity index (χ0v) is 10.6. The van der Waals surface area contributed by atoms with Gasteiger partial charge < -0.3 is 14.8 Å². The van der Waals surface area contributed by atoms with Crippen molar-refractivity contribution in [1.82, 2.24) is 10.3 Å². The number of pyridine rings is 1. The van der Waals surface area contributed by atoms with Gasteiger partial charge in [-0.15, -0.1) is 0 Å². The third-order valence-corrected chi connectivity index (χ3v) is 3.34. The fraction of sp³-hybridized carbons (Fsp3) is 0.615. The first-order valence-corrected chi connectivity index (χ1v) is 6.02. The van der Waals surface area contributed by atoms with Gasteiger partial charge in [0.1, 0.15) is 5.75 Å². The average Bonchev–Trinajstić information content (AvgIpc) is 2.77. The van der Waals surface area contributed by atoms with E-state index in [1.807, 2.05) is 19.3 Å². The van der Waals surface area contributed by atoms with E-state index in [-0.39, 0.29) is 6.04 Å². The van der Waals surface area contributed by atoms with Gasteiger partial charge >= 0.3 is 0 Å². The van der Waals surface area contributed by atoms with Crippen LogP contribution in [0.4, 0.5) is 0 Å². The van der Waals surface area contributed by atoms with Crippen molar-refractivity contribution >= 4 is 0 Å². The normalized spacial score (nSPS) is 25.8. The standard InChI is InChI=1S/C13H20N2O2/c1-9-4-11(8-17-9)13(14-2)10-5-12(16-3)7-15-6-10/h5-7,9,11,13-14H,4,8H2,1-3H3. The summed E-state index contributed by atoms with van der Waals surface area (Å²) in [5.74, 6) is 1.30. The molecule has 1 aliphatic heterocycles. The van der Waals surface area contributed by atoms with Crippen LogP contribution in [0.25, 0.3) is 0 Å². The van der Waals surface area contributed by atoms with Gasteiger partial charge in [0.25, 0.3) is 0 Å². The largest absolute Gasteiger partial charge is 0.495 e. The molecule has 2 rings (SSSR count). The molecule has 1 aromatic heterocycles. The minimum Gasteiger partial charge on any atom is -0.495 e. The Labute approximate surface area is 102 Å².